The molecule has 0 aromatic heterocycles. The van der Waals surface area contributed by atoms with E-state index in [0.717, 1.165) is 69.1 Å². The van der Waals surface area contributed by atoms with Crippen molar-refractivity contribution in [2.24, 2.45) is 0 Å². The van der Waals surface area contributed by atoms with Crippen molar-refractivity contribution in [3.63, 3.8) is 0 Å². The largest absolute Gasteiger partial charge is 0.494 e. The summed E-state index contributed by atoms with van der Waals surface area (Å²) >= 11 is 0. The molecule has 0 amide bonds. The summed E-state index contributed by atoms with van der Waals surface area (Å²) < 4.78 is 17.1. The fourth-order valence-electron chi connectivity index (χ4n) is 6.09. The summed E-state index contributed by atoms with van der Waals surface area (Å²) in [5.41, 5.74) is 0.821. The molecule has 0 N–H and O–H groups in total. The van der Waals surface area contributed by atoms with Gasteiger partial charge in [-0.2, -0.15) is 0 Å². The standard InChI is InChI=1S/C49H78O5/c1-4-7-9-11-13-15-17-19-21-23-25-27-29-31-33-36-46(50)37-35-41-52-47-39-40-48(45(6-3)44-47)53-42-43-54-49(51)38-34-32-30-28-26-24-22-20-18-16-14-12-10-8-5-2/h6,13-16,19-22,39-40,44H,3-5,7-12,17-18,23-38,41-43H2,1-2H3/b15-13-,16-14-,21-19-,22-20-. The van der Waals surface area contributed by atoms with Crippen LogP contribution in [0.1, 0.15) is 186 Å². The third-order valence-corrected chi connectivity index (χ3v) is 9.41. The van der Waals surface area contributed by atoms with Crippen LogP contribution < -0.4 is 9.47 Å². The lowest BCUT2D eigenvalue weighted by molar-refractivity contribution is -0.144. The van der Waals surface area contributed by atoms with Crippen LogP contribution in [-0.2, 0) is 14.3 Å². The summed E-state index contributed by atoms with van der Waals surface area (Å²) in [5.74, 6) is 1.56. The maximum Gasteiger partial charge on any atom is 0.305 e. The van der Waals surface area contributed by atoms with E-state index in [1.807, 2.05) is 18.2 Å². The number of ether oxygens (including phenoxy) is 3. The molecule has 0 radical (unpaired) electrons. The van der Waals surface area contributed by atoms with Crippen molar-refractivity contribution in [1.82, 2.24) is 0 Å². The van der Waals surface area contributed by atoms with Gasteiger partial charge >= 0.3 is 5.97 Å². The Morgan fingerprint density at radius 1 is 0.537 bits per heavy atom. The summed E-state index contributed by atoms with van der Waals surface area (Å²) in [6.45, 7) is 9.38. The van der Waals surface area contributed by atoms with Crippen LogP contribution in [0.5, 0.6) is 11.5 Å². The van der Waals surface area contributed by atoms with Crippen LogP contribution in [-0.4, -0.2) is 31.6 Å². The molecule has 0 fully saturated rings. The van der Waals surface area contributed by atoms with Gasteiger partial charge in [-0.1, -0.05) is 139 Å². The van der Waals surface area contributed by atoms with Crippen molar-refractivity contribution in [3.8, 4) is 11.5 Å². The van der Waals surface area contributed by atoms with Crippen LogP contribution in [0, 0.1) is 0 Å². The highest BCUT2D eigenvalue weighted by molar-refractivity contribution is 5.78. The highest BCUT2D eigenvalue weighted by Crippen LogP contribution is 2.25. The quantitative estimate of drug-likeness (QED) is 0.0383. The summed E-state index contributed by atoms with van der Waals surface area (Å²) in [6.07, 6.45) is 48.3. The van der Waals surface area contributed by atoms with Gasteiger partial charge in [0.15, 0.2) is 0 Å². The van der Waals surface area contributed by atoms with Crippen molar-refractivity contribution in [3.05, 3.63) is 78.9 Å². The highest BCUT2D eigenvalue weighted by atomic mass is 16.6. The Bertz CT molecular complexity index is 1180. The number of hydrogen-bond donors (Lipinski definition) is 0. The molecule has 54 heavy (non-hydrogen) atoms. The smallest absolute Gasteiger partial charge is 0.305 e. The second kappa shape index (κ2) is 38.0. The van der Waals surface area contributed by atoms with Crippen molar-refractivity contribution in [2.75, 3.05) is 19.8 Å². The maximum atomic E-state index is 12.3. The molecule has 1 aromatic rings. The van der Waals surface area contributed by atoms with Gasteiger partial charge in [-0.25, -0.2) is 0 Å². The number of Topliss-reactive ketones (excluding diaryl/α,β-unsaturated/α-hetero) is 1. The Kier molecular flexibility index (Phi) is 34.2. The molecule has 1 aromatic carbocycles. The predicted molar refractivity (Wildman–Crippen MR) is 231 cm³/mol. The number of rotatable bonds is 38. The first-order chi connectivity index (χ1) is 26.6. The minimum atomic E-state index is -0.165. The topological polar surface area (TPSA) is 61.8 Å². The molecule has 0 spiro atoms. The first kappa shape index (κ1) is 48.7. The Hall–Kier alpha value is -3.34. The van der Waals surface area contributed by atoms with Gasteiger partial charge in [0.25, 0.3) is 0 Å². The molecule has 5 nitrogen and oxygen atoms in total. The van der Waals surface area contributed by atoms with E-state index in [4.69, 9.17) is 14.2 Å². The summed E-state index contributed by atoms with van der Waals surface area (Å²) in [6, 6.07) is 5.61. The molecular weight excluding hydrogens is 669 g/mol. The number of carbonyl (C=O) groups is 2. The van der Waals surface area contributed by atoms with E-state index in [2.05, 4.69) is 69.0 Å². The number of benzene rings is 1. The van der Waals surface area contributed by atoms with E-state index in [1.165, 1.54) is 83.5 Å². The lowest BCUT2D eigenvalue weighted by Crippen LogP contribution is -2.12. The van der Waals surface area contributed by atoms with Gasteiger partial charge in [-0.3, -0.25) is 9.59 Å². The molecule has 0 atom stereocenters. The summed E-state index contributed by atoms with van der Waals surface area (Å²) in [7, 11) is 0. The highest BCUT2D eigenvalue weighted by Gasteiger charge is 2.07. The molecule has 0 bridgehead atoms. The average molecular weight is 747 g/mol. The summed E-state index contributed by atoms with van der Waals surface area (Å²) in [5, 5.41) is 0. The van der Waals surface area contributed by atoms with Gasteiger partial charge in [-0.15, -0.1) is 0 Å². The number of allylic oxidation sites excluding steroid dienone is 8. The van der Waals surface area contributed by atoms with E-state index in [0.29, 0.717) is 43.8 Å². The van der Waals surface area contributed by atoms with Crippen molar-refractivity contribution in [2.45, 2.75) is 181 Å². The van der Waals surface area contributed by atoms with Crippen LogP contribution in [0.2, 0.25) is 0 Å². The zero-order chi connectivity index (χ0) is 39.0. The van der Waals surface area contributed by atoms with Crippen molar-refractivity contribution in [1.29, 1.82) is 0 Å². The molecule has 0 heterocycles. The number of hydrogen-bond acceptors (Lipinski definition) is 5. The number of carbonyl (C=O) groups excluding carboxylic acids is 2. The minimum Gasteiger partial charge on any atom is -0.494 e. The van der Waals surface area contributed by atoms with Crippen LogP contribution in [0.4, 0.5) is 0 Å². The normalized spacial score (nSPS) is 11.7. The van der Waals surface area contributed by atoms with Crippen LogP contribution in [0.3, 0.4) is 0 Å². The van der Waals surface area contributed by atoms with Gasteiger partial charge in [0.2, 0.25) is 0 Å². The first-order valence-electron chi connectivity index (χ1n) is 21.9. The molecule has 0 unspecified atom stereocenters. The third kappa shape index (κ3) is 31.1. The van der Waals surface area contributed by atoms with Gasteiger partial charge in [0.05, 0.1) is 6.61 Å². The zero-order valence-electron chi connectivity index (χ0n) is 34.7. The fourth-order valence-corrected chi connectivity index (χ4v) is 6.09. The Morgan fingerprint density at radius 2 is 1.04 bits per heavy atom. The van der Waals surface area contributed by atoms with Crippen molar-refractivity contribution < 1.29 is 23.8 Å². The molecular formula is C49H78O5. The predicted octanol–water partition coefficient (Wildman–Crippen LogP) is 14.6. The summed E-state index contributed by atoms with van der Waals surface area (Å²) in [4.78, 5) is 24.5. The Labute approximate surface area is 331 Å². The molecule has 0 saturated heterocycles. The molecule has 1 rings (SSSR count). The van der Waals surface area contributed by atoms with Gasteiger partial charge < -0.3 is 14.2 Å². The van der Waals surface area contributed by atoms with Gasteiger partial charge in [-0.05, 0) is 102 Å². The number of ketones is 1. The second-order valence-electron chi connectivity index (χ2n) is 14.4. The first-order valence-corrected chi connectivity index (χ1v) is 21.9. The average Bonchev–Trinajstić information content (AvgIpc) is 3.18. The van der Waals surface area contributed by atoms with Crippen LogP contribution >= 0.6 is 0 Å². The van der Waals surface area contributed by atoms with E-state index in [-0.39, 0.29) is 19.2 Å². The van der Waals surface area contributed by atoms with Gasteiger partial charge in [0, 0.05) is 24.8 Å². The molecule has 5 heteroatoms. The van der Waals surface area contributed by atoms with Crippen molar-refractivity contribution >= 4 is 17.8 Å². The second-order valence-corrected chi connectivity index (χ2v) is 14.4. The number of unbranched alkanes of at least 4 members (excludes halogenated alkanes) is 16. The van der Waals surface area contributed by atoms with E-state index < -0.39 is 0 Å². The maximum absolute atomic E-state index is 12.3. The van der Waals surface area contributed by atoms with E-state index in [9.17, 15) is 9.59 Å². The molecule has 0 saturated carbocycles. The SMILES string of the molecule is C=Cc1cc(OCCCC(=O)CCCCCCC/C=C\C/C=C\CCCCC)ccc1OCCOC(=O)CCCCCCC/C=C\C/C=C\CCCCC. The number of esters is 1. The molecule has 0 aliphatic rings. The van der Waals surface area contributed by atoms with Crippen LogP contribution in [0.15, 0.2) is 73.4 Å². The van der Waals surface area contributed by atoms with E-state index in [1.54, 1.807) is 6.08 Å². The Morgan fingerprint density at radius 3 is 1.59 bits per heavy atom. The monoisotopic (exact) mass is 747 g/mol. The van der Waals surface area contributed by atoms with Gasteiger partial charge in [0.1, 0.15) is 30.5 Å². The molecule has 0 aliphatic carbocycles. The molecule has 304 valence electrons. The van der Waals surface area contributed by atoms with Crippen LogP contribution in [0.25, 0.3) is 6.08 Å². The third-order valence-electron chi connectivity index (χ3n) is 9.41. The minimum absolute atomic E-state index is 0.165. The Balaban J connectivity index is 2.03. The van der Waals surface area contributed by atoms with E-state index >= 15 is 0 Å². The lowest BCUT2D eigenvalue weighted by atomic mass is 10.1. The molecule has 0 aliphatic heterocycles. The fraction of sp³-hybridized carbons (Fsp3) is 0.633. The lowest BCUT2D eigenvalue weighted by Gasteiger charge is -2.12. The zero-order valence-corrected chi connectivity index (χ0v) is 34.7.